The van der Waals surface area contributed by atoms with Gasteiger partial charge in [0.2, 0.25) is 5.91 Å². The standard InChI is InChI=1S/C20H19ClN2O/c21-16-10-4-8-14-15-9-5-11-17(20(15)23-19(14)16)22-18(24)12-13-6-2-1-3-7-13/h1-4,6-8,10,17,23H,5,9,11-12H2,(H,22,24)/t17-/m1/s1. The van der Waals surface area contributed by atoms with Crippen LogP contribution in [0.2, 0.25) is 5.02 Å². The van der Waals surface area contributed by atoms with Gasteiger partial charge in [0.15, 0.2) is 0 Å². The van der Waals surface area contributed by atoms with Crippen molar-refractivity contribution in [2.75, 3.05) is 0 Å². The fraction of sp³-hybridized carbons (Fsp3) is 0.250. The van der Waals surface area contributed by atoms with Gasteiger partial charge in [0, 0.05) is 11.1 Å². The Morgan fingerprint density at radius 3 is 2.83 bits per heavy atom. The van der Waals surface area contributed by atoms with Crippen molar-refractivity contribution in [2.24, 2.45) is 0 Å². The van der Waals surface area contributed by atoms with E-state index in [4.69, 9.17) is 11.6 Å². The van der Waals surface area contributed by atoms with E-state index in [9.17, 15) is 4.79 Å². The van der Waals surface area contributed by atoms with E-state index in [-0.39, 0.29) is 11.9 Å². The van der Waals surface area contributed by atoms with E-state index in [0.717, 1.165) is 41.1 Å². The summed E-state index contributed by atoms with van der Waals surface area (Å²) in [5.74, 6) is 0.0591. The topological polar surface area (TPSA) is 44.9 Å². The number of aromatic amines is 1. The molecule has 1 amide bonds. The van der Waals surface area contributed by atoms with Gasteiger partial charge >= 0.3 is 0 Å². The van der Waals surface area contributed by atoms with Gasteiger partial charge in [-0.1, -0.05) is 54.1 Å². The van der Waals surface area contributed by atoms with E-state index in [1.165, 1.54) is 10.9 Å². The van der Waals surface area contributed by atoms with E-state index in [1.54, 1.807) is 0 Å². The molecule has 0 aliphatic heterocycles. The van der Waals surface area contributed by atoms with E-state index in [0.29, 0.717) is 6.42 Å². The molecule has 24 heavy (non-hydrogen) atoms. The molecule has 3 nitrogen and oxygen atoms in total. The predicted molar refractivity (Wildman–Crippen MR) is 97.3 cm³/mol. The number of nitrogens with one attached hydrogen (secondary N) is 2. The van der Waals surface area contributed by atoms with Gasteiger partial charge in [-0.15, -0.1) is 0 Å². The molecule has 0 radical (unpaired) electrons. The second-order valence-electron chi connectivity index (χ2n) is 6.35. The highest BCUT2D eigenvalue weighted by Crippen LogP contribution is 2.36. The Morgan fingerprint density at radius 1 is 1.17 bits per heavy atom. The number of fused-ring (bicyclic) bond motifs is 3. The number of carbonyl (C=O) groups excluding carboxylic acids is 1. The van der Waals surface area contributed by atoms with Crippen LogP contribution in [0.25, 0.3) is 10.9 Å². The number of para-hydroxylation sites is 1. The molecule has 1 aliphatic rings. The summed E-state index contributed by atoms with van der Waals surface area (Å²) in [7, 11) is 0. The average molecular weight is 339 g/mol. The van der Waals surface area contributed by atoms with Crippen LogP contribution in [0, 0.1) is 0 Å². The van der Waals surface area contributed by atoms with Gasteiger partial charge in [0.05, 0.1) is 23.0 Å². The summed E-state index contributed by atoms with van der Waals surface area (Å²) in [4.78, 5) is 15.9. The SMILES string of the molecule is O=C(Cc1ccccc1)N[C@@H]1CCCc2c1[nH]c1c(Cl)cccc21. The zero-order valence-electron chi connectivity index (χ0n) is 13.3. The van der Waals surface area contributed by atoms with Crippen LogP contribution in [-0.2, 0) is 17.6 Å². The van der Waals surface area contributed by atoms with Crippen molar-refractivity contribution in [2.45, 2.75) is 31.7 Å². The van der Waals surface area contributed by atoms with Gasteiger partial charge in [-0.2, -0.15) is 0 Å². The molecule has 0 spiro atoms. The summed E-state index contributed by atoms with van der Waals surface area (Å²) >= 11 is 6.32. The van der Waals surface area contributed by atoms with E-state index in [1.807, 2.05) is 42.5 Å². The van der Waals surface area contributed by atoms with Crippen LogP contribution < -0.4 is 5.32 Å². The van der Waals surface area contributed by atoms with Crippen LogP contribution in [0.15, 0.2) is 48.5 Å². The predicted octanol–water partition coefficient (Wildman–Crippen LogP) is 4.56. The van der Waals surface area contributed by atoms with Gasteiger partial charge in [-0.05, 0) is 36.5 Å². The second kappa shape index (κ2) is 6.33. The van der Waals surface area contributed by atoms with E-state index in [2.05, 4.69) is 16.4 Å². The minimum Gasteiger partial charge on any atom is -0.355 e. The Balaban J connectivity index is 1.59. The molecule has 1 heterocycles. The molecule has 2 N–H and O–H groups in total. The van der Waals surface area contributed by atoms with Gasteiger partial charge in [0.1, 0.15) is 0 Å². The van der Waals surface area contributed by atoms with Gasteiger partial charge in [-0.25, -0.2) is 0 Å². The fourth-order valence-corrected chi connectivity index (χ4v) is 3.84. The lowest BCUT2D eigenvalue weighted by molar-refractivity contribution is -0.121. The number of benzene rings is 2. The first-order valence-corrected chi connectivity index (χ1v) is 8.72. The highest BCUT2D eigenvalue weighted by Gasteiger charge is 2.26. The van der Waals surface area contributed by atoms with Crippen LogP contribution in [-0.4, -0.2) is 10.9 Å². The third kappa shape index (κ3) is 2.80. The molecule has 4 heteroatoms. The summed E-state index contributed by atoms with van der Waals surface area (Å²) in [5, 5.41) is 5.10. The average Bonchev–Trinajstić information content (AvgIpc) is 2.97. The highest BCUT2D eigenvalue weighted by molar-refractivity contribution is 6.35. The Labute approximate surface area is 146 Å². The Hall–Kier alpha value is -2.26. The molecule has 2 aromatic carbocycles. The summed E-state index contributed by atoms with van der Waals surface area (Å²) in [6.45, 7) is 0. The maximum Gasteiger partial charge on any atom is 0.224 e. The molecule has 1 aliphatic carbocycles. The molecule has 0 bridgehead atoms. The molecule has 0 fully saturated rings. The largest absolute Gasteiger partial charge is 0.355 e. The van der Waals surface area contributed by atoms with E-state index < -0.39 is 0 Å². The second-order valence-corrected chi connectivity index (χ2v) is 6.76. The van der Waals surface area contributed by atoms with Gasteiger partial charge in [-0.3, -0.25) is 4.79 Å². The smallest absolute Gasteiger partial charge is 0.224 e. The van der Waals surface area contributed by atoms with Crippen LogP contribution in [0.1, 0.15) is 35.7 Å². The summed E-state index contributed by atoms with van der Waals surface area (Å²) < 4.78 is 0. The first kappa shape index (κ1) is 15.3. The molecule has 1 atom stereocenters. The first-order valence-electron chi connectivity index (χ1n) is 8.34. The van der Waals surface area contributed by atoms with Crippen molar-refractivity contribution >= 4 is 28.4 Å². The molecule has 0 saturated carbocycles. The quantitative estimate of drug-likeness (QED) is 0.722. The number of H-pyrrole nitrogens is 1. The lowest BCUT2D eigenvalue weighted by atomic mass is 9.91. The Bertz CT molecular complexity index is 885. The highest BCUT2D eigenvalue weighted by atomic mass is 35.5. The molecule has 1 aromatic heterocycles. The van der Waals surface area contributed by atoms with Gasteiger partial charge < -0.3 is 10.3 Å². The number of carbonyl (C=O) groups is 1. The molecule has 0 unspecified atom stereocenters. The molecule has 3 aromatic rings. The van der Waals surface area contributed by atoms with Crippen LogP contribution in [0.4, 0.5) is 0 Å². The number of amides is 1. The van der Waals surface area contributed by atoms with Crippen LogP contribution >= 0.6 is 11.6 Å². The molecule has 122 valence electrons. The number of halogens is 1. The van der Waals surface area contributed by atoms with Crippen molar-refractivity contribution in [3.8, 4) is 0 Å². The maximum absolute atomic E-state index is 12.4. The minimum atomic E-state index is 0.0356. The minimum absolute atomic E-state index is 0.0356. The zero-order chi connectivity index (χ0) is 16.5. The number of hydrogen-bond acceptors (Lipinski definition) is 1. The van der Waals surface area contributed by atoms with Crippen molar-refractivity contribution in [1.29, 1.82) is 0 Å². The first-order chi connectivity index (χ1) is 11.7. The third-order valence-electron chi connectivity index (χ3n) is 4.73. The normalized spacial score (nSPS) is 16.8. The van der Waals surface area contributed by atoms with E-state index >= 15 is 0 Å². The van der Waals surface area contributed by atoms with Crippen molar-refractivity contribution < 1.29 is 4.79 Å². The monoisotopic (exact) mass is 338 g/mol. The molecule has 4 rings (SSSR count). The number of aromatic nitrogens is 1. The third-order valence-corrected chi connectivity index (χ3v) is 5.05. The number of hydrogen-bond donors (Lipinski definition) is 2. The van der Waals surface area contributed by atoms with Gasteiger partial charge in [0.25, 0.3) is 0 Å². The number of rotatable bonds is 3. The zero-order valence-corrected chi connectivity index (χ0v) is 14.1. The lowest BCUT2D eigenvalue weighted by Crippen LogP contribution is -2.32. The molecule has 0 saturated heterocycles. The maximum atomic E-state index is 12.4. The van der Waals surface area contributed by atoms with Crippen LogP contribution in [0.5, 0.6) is 0 Å². The summed E-state index contributed by atoms with van der Waals surface area (Å²) in [5.41, 5.74) is 4.42. The Kier molecular flexibility index (Phi) is 4.03. The lowest BCUT2D eigenvalue weighted by Gasteiger charge is -2.24. The Morgan fingerprint density at radius 2 is 2.00 bits per heavy atom. The molecular formula is C20H19ClN2O. The summed E-state index contributed by atoms with van der Waals surface area (Å²) in [6.07, 6.45) is 3.47. The molecular weight excluding hydrogens is 320 g/mol. The van der Waals surface area contributed by atoms with Crippen molar-refractivity contribution in [1.82, 2.24) is 10.3 Å². The number of aryl methyl sites for hydroxylation is 1. The summed E-state index contributed by atoms with van der Waals surface area (Å²) in [6, 6.07) is 15.9. The van der Waals surface area contributed by atoms with Crippen LogP contribution in [0.3, 0.4) is 0 Å². The van der Waals surface area contributed by atoms with Crippen molar-refractivity contribution in [3.05, 3.63) is 70.4 Å². The fourth-order valence-electron chi connectivity index (χ4n) is 3.62. The van der Waals surface area contributed by atoms with Crippen molar-refractivity contribution in [3.63, 3.8) is 0 Å².